The number of aldehydes is 1. The zero-order chi connectivity index (χ0) is 12.5. The van der Waals surface area contributed by atoms with Crippen LogP contribution in [-0.4, -0.2) is 30.0 Å². The van der Waals surface area contributed by atoms with Crippen molar-refractivity contribution in [3.63, 3.8) is 0 Å². The Morgan fingerprint density at radius 1 is 1.41 bits per heavy atom. The smallest absolute Gasteiger partial charge is 0.345 e. The molecule has 0 bridgehead atoms. The highest BCUT2D eigenvalue weighted by Gasteiger charge is 2.46. The van der Waals surface area contributed by atoms with Gasteiger partial charge in [-0.05, 0) is 25.0 Å². The molecule has 0 spiro atoms. The van der Waals surface area contributed by atoms with Gasteiger partial charge in [0.05, 0.1) is 0 Å². The second-order valence-corrected chi connectivity index (χ2v) is 3.96. The number of anilines is 1. The third-order valence-electron chi connectivity index (χ3n) is 2.83. The molecular formula is C11H11F3N2O. The van der Waals surface area contributed by atoms with E-state index >= 15 is 0 Å². The summed E-state index contributed by atoms with van der Waals surface area (Å²) in [6, 6.07) is 1.46. The molecule has 17 heavy (non-hydrogen) atoms. The van der Waals surface area contributed by atoms with Crippen LogP contribution in [0.25, 0.3) is 0 Å². The molecule has 0 unspecified atom stereocenters. The Bertz CT molecular complexity index is 402. The largest absolute Gasteiger partial charge is 0.408 e. The molecule has 0 saturated carbocycles. The molecule has 1 aliphatic heterocycles. The Morgan fingerprint density at radius 3 is 2.71 bits per heavy atom. The van der Waals surface area contributed by atoms with E-state index in [0.29, 0.717) is 24.8 Å². The SMILES string of the molecule is O=Cc1ccc(N2CCC[C@@H]2C(F)(F)F)nc1. The van der Waals surface area contributed by atoms with Crippen molar-refractivity contribution in [3.05, 3.63) is 23.9 Å². The summed E-state index contributed by atoms with van der Waals surface area (Å²) < 4.78 is 38.1. The number of carbonyl (C=O) groups is 1. The van der Waals surface area contributed by atoms with Crippen molar-refractivity contribution in [1.82, 2.24) is 4.98 Å². The van der Waals surface area contributed by atoms with Gasteiger partial charge in [-0.1, -0.05) is 0 Å². The first-order chi connectivity index (χ1) is 8.02. The van der Waals surface area contributed by atoms with Gasteiger partial charge in [-0.15, -0.1) is 0 Å². The highest BCUT2D eigenvalue weighted by molar-refractivity contribution is 5.74. The molecule has 6 heteroatoms. The van der Waals surface area contributed by atoms with Crippen molar-refractivity contribution in [2.24, 2.45) is 0 Å². The van der Waals surface area contributed by atoms with Gasteiger partial charge in [0.2, 0.25) is 0 Å². The van der Waals surface area contributed by atoms with Gasteiger partial charge in [-0.3, -0.25) is 4.79 Å². The molecule has 1 aromatic heterocycles. The minimum Gasteiger partial charge on any atom is -0.345 e. The number of hydrogen-bond acceptors (Lipinski definition) is 3. The summed E-state index contributed by atoms with van der Waals surface area (Å²) in [7, 11) is 0. The van der Waals surface area contributed by atoms with Crippen LogP contribution in [0.5, 0.6) is 0 Å². The fourth-order valence-electron chi connectivity index (χ4n) is 2.02. The fraction of sp³-hybridized carbons (Fsp3) is 0.455. The standard InChI is InChI=1S/C11H11F3N2O/c12-11(13,14)9-2-1-5-16(9)10-4-3-8(7-17)6-15-10/h3-4,6-7,9H,1-2,5H2/t9-/m1/s1. The van der Waals surface area contributed by atoms with Crippen LogP contribution in [0.15, 0.2) is 18.3 Å². The van der Waals surface area contributed by atoms with E-state index in [2.05, 4.69) is 4.98 Å². The summed E-state index contributed by atoms with van der Waals surface area (Å²) in [5.41, 5.74) is 0.358. The zero-order valence-corrected chi connectivity index (χ0v) is 8.94. The van der Waals surface area contributed by atoms with E-state index in [1.165, 1.54) is 23.2 Å². The van der Waals surface area contributed by atoms with Crippen LogP contribution in [0.1, 0.15) is 23.2 Å². The molecule has 2 rings (SSSR count). The lowest BCUT2D eigenvalue weighted by molar-refractivity contribution is -0.146. The Hall–Kier alpha value is -1.59. The Balaban J connectivity index is 2.23. The minimum atomic E-state index is -4.23. The van der Waals surface area contributed by atoms with Crippen LogP contribution in [0, 0.1) is 0 Å². The highest BCUT2D eigenvalue weighted by atomic mass is 19.4. The van der Waals surface area contributed by atoms with E-state index in [0.717, 1.165) is 0 Å². The second-order valence-electron chi connectivity index (χ2n) is 3.96. The van der Waals surface area contributed by atoms with E-state index < -0.39 is 12.2 Å². The molecule has 0 amide bonds. The third-order valence-corrected chi connectivity index (χ3v) is 2.83. The first-order valence-corrected chi connectivity index (χ1v) is 5.27. The number of pyridine rings is 1. The van der Waals surface area contributed by atoms with Gasteiger partial charge in [0.1, 0.15) is 11.9 Å². The summed E-state index contributed by atoms with van der Waals surface area (Å²) in [6.45, 7) is 0.345. The Labute approximate surface area is 96.3 Å². The van der Waals surface area contributed by atoms with E-state index in [1.54, 1.807) is 0 Å². The first kappa shape index (κ1) is 11.9. The van der Waals surface area contributed by atoms with Gasteiger partial charge < -0.3 is 4.90 Å². The van der Waals surface area contributed by atoms with Crippen LogP contribution >= 0.6 is 0 Å². The maximum Gasteiger partial charge on any atom is 0.408 e. The average Bonchev–Trinajstić information content (AvgIpc) is 2.78. The minimum absolute atomic E-state index is 0.0978. The maximum absolute atomic E-state index is 12.7. The lowest BCUT2D eigenvalue weighted by Crippen LogP contribution is -2.41. The molecule has 92 valence electrons. The van der Waals surface area contributed by atoms with Gasteiger partial charge in [-0.25, -0.2) is 4.98 Å². The summed E-state index contributed by atoms with van der Waals surface area (Å²) in [5.74, 6) is 0.274. The number of nitrogens with zero attached hydrogens (tertiary/aromatic N) is 2. The monoisotopic (exact) mass is 244 g/mol. The van der Waals surface area contributed by atoms with Crippen LogP contribution in [0.4, 0.5) is 19.0 Å². The Morgan fingerprint density at radius 2 is 2.18 bits per heavy atom. The lowest BCUT2D eigenvalue weighted by atomic mass is 10.2. The van der Waals surface area contributed by atoms with E-state index in [1.807, 2.05) is 0 Å². The van der Waals surface area contributed by atoms with Crippen LogP contribution in [0.3, 0.4) is 0 Å². The van der Waals surface area contributed by atoms with Crippen molar-refractivity contribution in [2.75, 3.05) is 11.4 Å². The number of halogens is 3. The molecular weight excluding hydrogens is 233 g/mol. The molecule has 3 nitrogen and oxygen atoms in total. The number of carbonyl (C=O) groups excluding carboxylic acids is 1. The molecule has 0 aromatic carbocycles. The normalized spacial score (nSPS) is 20.6. The predicted octanol–water partition coefficient (Wildman–Crippen LogP) is 2.43. The molecule has 1 aliphatic rings. The molecule has 0 N–H and O–H groups in total. The summed E-state index contributed by atoms with van der Waals surface area (Å²) >= 11 is 0. The summed E-state index contributed by atoms with van der Waals surface area (Å²) in [6.07, 6.45) is -1.74. The van der Waals surface area contributed by atoms with Gasteiger partial charge in [0.15, 0.2) is 6.29 Å². The summed E-state index contributed by atoms with van der Waals surface area (Å²) in [5, 5.41) is 0. The Kier molecular flexibility index (Phi) is 3.04. The molecule has 0 aliphatic carbocycles. The van der Waals surface area contributed by atoms with Gasteiger partial charge in [-0.2, -0.15) is 13.2 Å². The molecule has 1 fully saturated rings. The predicted molar refractivity (Wildman–Crippen MR) is 56.0 cm³/mol. The third kappa shape index (κ3) is 2.40. The zero-order valence-electron chi connectivity index (χ0n) is 8.94. The van der Waals surface area contributed by atoms with Crippen LogP contribution in [0.2, 0.25) is 0 Å². The highest BCUT2D eigenvalue weighted by Crippen LogP contribution is 2.34. The number of rotatable bonds is 2. The fourth-order valence-corrected chi connectivity index (χ4v) is 2.02. The van der Waals surface area contributed by atoms with E-state index in [-0.39, 0.29) is 12.2 Å². The van der Waals surface area contributed by atoms with Crippen molar-refractivity contribution in [1.29, 1.82) is 0 Å². The van der Waals surface area contributed by atoms with Crippen molar-refractivity contribution in [3.8, 4) is 0 Å². The first-order valence-electron chi connectivity index (χ1n) is 5.27. The van der Waals surface area contributed by atoms with Crippen molar-refractivity contribution < 1.29 is 18.0 Å². The second kappa shape index (κ2) is 4.35. The number of hydrogen-bond donors (Lipinski definition) is 0. The molecule has 1 saturated heterocycles. The van der Waals surface area contributed by atoms with Crippen molar-refractivity contribution in [2.45, 2.75) is 25.1 Å². The van der Waals surface area contributed by atoms with Gasteiger partial charge >= 0.3 is 6.18 Å². The van der Waals surface area contributed by atoms with Crippen LogP contribution in [-0.2, 0) is 0 Å². The molecule has 0 radical (unpaired) electrons. The summed E-state index contributed by atoms with van der Waals surface area (Å²) in [4.78, 5) is 15.6. The van der Waals surface area contributed by atoms with Crippen LogP contribution < -0.4 is 4.90 Å². The number of aromatic nitrogens is 1. The van der Waals surface area contributed by atoms with Crippen molar-refractivity contribution >= 4 is 12.1 Å². The molecule has 2 heterocycles. The van der Waals surface area contributed by atoms with Gasteiger partial charge in [0, 0.05) is 18.3 Å². The maximum atomic E-state index is 12.7. The van der Waals surface area contributed by atoms with E-state index in [4.69, 9.17) is 0 Å². The topological polar surface area (TPSA) is 33.2 Å². The quantitative estimate of drug-likeness (QED) is 0.749. The van der Waals surface area contributed by atoms with E-state index in [9.17, 15) is 18.0 Å². The molecule has 1 atom stereocenters. The average molecular weight is 244 g/mol. The van der Waals surface area contributed by atoms with Gasteiger partial charge in [0.25, 0.3) is 0 Å². The molecule has 1 aromatic rings. The number of alkyl halides is 3. The lowest BCUT2D eigenvalue weighted by Gasteiger charge is -2.27.